The summed E-state index contributed by atoms with van der Waals surface area (Å²) >= 11 is 0. The molecule has 0 atom stereocenters. The van der Waals surface area contributed by atoms with Crippen LogP contribution in [0.25, 0.3) is 5.76 Å². The van der Waals surface area contributed by atoms with Crippen LogP contribution >= 0.6 is 0 Å². The van der Waals surface area contributed by atoms with E-state index in [1.165, 1.54) is 0 Å². The first-order valence-electron chi connectivity index (χ1n) is 5.72. The van der Waals surface area contributed by atoms with E-state index >= 15 is 0 Å². The molecule has 0 amide bonds. The Morgan fingerprint density at radius 1 is 0.900 bits per heavy atom. The second-order valence-electron chi connectivity index (χ2n) is 3.90. The van der Waals surface area contributed by atoms with E-state index in [1.807, 2.05) is 0 Å². The zero-order chi connectivity index (χ0) is 13.7. The van der Waals surface area contributed by atoms with Crippen LogP contribution in [0.1, 0.15) is 15.9 Å². The SMILES string of the molecule is N#C/C(C(=O)c1ccccc1)=C(/O)c1ccccc1.[Ce+4]. The largest absolute Gasteiger partial charge is 4.00 e. The number of aliphatic hydroxyl groups excluding tert-OH is 1. The molecule has 3 nitrogen and oxygen atoms in total. The van der Waals surface area contributed by atoms with Crippen LogP contribution in [-0.2, 0) is 0 Å². The van der Waals surface area contributed by atoms with E-state index in [2.05, 4.69) is 0 Å². The zero-order valence-electron chi connectivity index (χ0n) is 10.6. The van der Waals surface area contributed by atoms with Gasteiger partial charge < -0.3 is 5.11 Å². The smallest absolute Gasteiger partial charge is 0.506 e. The summed E-state index contributed by atoms with van der Waals surface area (Å²) in [4.78, 5) is 12.2. The molecule has 4 heteroatoms. The number of benzene rings is 2. The van der Waals surface area contributed by atoms with Crippen molar-refractivity contribution < 1.29 is 51.6 Å². The van der Waals surface area contributed by atoms with E-state index in [0.29, 0.717) is 11.1 Å². The monoisotopic (exact) mass is 389 g/mol. The topological polar surface area (TPSA) is 61.1 Å². The minimum Gasteiger partial charge on any atom is -0.506 e. The fourth-order valence-electron chi connectivity index (χ4n) is 1.69. The van der Waals surface area contributed by atoms with Crippen LogP contribution in [0.4, 0.5) is 0 Å². The van der Waals surface area contributed by atoms with Crippen molar-refractivity contribution in [2.24, 2.45) is 0 Å². The minimum atomic E-state index is -0.482. The standard InChI is InChI=1S/C16H11NO2.Ce/c17-11-14(15(18)12-7-3-1-4-8-12)16(19)13-9-5-2-6-10-13;/h1-10,18H;/q;+4/b15-14-;. The summed E-state index contributed by atoms with van der Waals surface area (Å²) < 4.78 is 0. The molecule has 2 aromatic rings. The first kappa shape index (κ1) is 16.6. The van der Waals surface area contributed by atoms with Gasteiger partial charge in [-0.25, -0.2) is 0 Å². The third-order valence-corrected chi connectivity index (χ3v) is 2.66. The molecule has 0 aliphatic heterocycles. The molecule has 0 spiro atoms. The molecule has 92 valence electrons. The number of rotatable bonds is 3. The van der Waals surface area contributed by atoms with Crippen LogP contribution in [0.2, 0.25) is 0 Å². The van der Waals surface area contributed by atoms with Gasteiger partial charge in [0.25, 0.3) is 0 Å². The van der Waals surface area contributed by atoms with Crippen molar-refractivity contribution in [2.75, 3.05) is 0 Å². The maximum absolute atomic E-state index is 12.2. The first-order valence-corrected chi connectivity index (χ1v) is 5.72. The van der Waals surface area contributed by atoms with E-state index in [1.54, 1.807) is 66.7 Å². The molecule has 0 saturated carbocycles. The van der Waals surface area contributed by atoms with E-state index in [9.17, 15) is 9.90 Å². The van der Waals surface area contributed by atoms with Crippen molar-refractivity contribution in [3.05, 3.63) is 77.4 Å². The van der Waals surface area contributed by atoms with Gasteiger partial charge in [-0.15, -0.1) is 0 Å². The molecule has 0 saturated heterocycles. The van der Waals surface area contributed by atoms with Crippen LogP contribution in [-0.4, -0.2) is 10.9 Å². The molecule has 20 heavy (non-hydrogen) atoms. The maximum atomic E-state index is 12.2. The number of ketones is 1. The van der Waals surface area contributed by atoms with Crippen molar-refractivity contribution in [3.63, 3.8) is 0 Å². The molecule has 0 bridgehead atoms. The van der Waals surface area contributed by atoms with Crippen molar-refractivity contribution in [1.29, 1.82) is 5.26 Å². The predicted octanol–water partition coefficient (Wildman–Crippen LogP) is 3.36. The Balaban J connectivity index is 0.00000200. The number of nitrogens with zero attached hydrogens (tertiary/aromatic N) is 1. The summed E-state index contributed by atoms with van der Waals surface area (Å²) in [6.07, 6.45) is 0. The Hall–Kier alpha value is -1.48. The summed E-state index contributed by atoms with van der Waals surface area (Å²) in [7, 11) is 0. The van der Waals surface area contributed by atoms with Crippen LogP contribution in [0.5, 0.6) is 0 Å². The second-order valence-corrected chi connectivity index (χ2v) is 3.90. The van der Waals surface area contributed by atoms with E-state index in [0.717, 1.165) is 0 Å². The van der Waals surface area contributed by atoms with Gasteiger partial charge in [0.2, 0.25) is 5.78 Å². The van der Waals surface area contributed by atoms with Crippen LogP contribution in [0.3, 0.4) is 0 Å². The molecular weight excluding hydrogens is 378 g/mol. The molecule has 0 unspecified atom stereocenters. The fraction of sp³-hybridized carbons (Fsp3) is 0. The van der Waals surface area contributed by atoms with Gasteiger partial charge in [-0.05, 0) is 0 Å². The summed E-state index contributed by atoms with van der Waals surface area (Å²) in [5, 5.41) is 19.1. The Labute approximate surface area is 150 Å². The molecule has 0 aliphatic carbocycles. The molecule has 1 N–H and O–H groups in total. The Kier molecular flexibility index (Phi) is 6.59. The molecule has 0 fully saturated rings. The summed E-state index contributed by atoms with van der Waals surface area (Å²) in [6, 6.07) is 18.7. The van der Waals surface area contributed by atoms with Crippen molar-refractivity contribution in [2.45, 2.75) is 0 Å². The number of carbonyl (C=O) groups excluding carboxylic acids is 1. The van der Waals surface area contributed by atoms with Gasteiger partial charge in [-0.3, -0.25) is 4.79 Å². The first-order chi connectivity index (χ1) is 9.24. The number of aliphatic hydroxyl groups is 1. The van der Waals surface area contributed by atoms with Crippen molar-refractivity contribution >= 4 is 11.5 Å². The third kappa shape index (κ3) is 3.76. The second kappa shape index (κ2) is 7.95. The van der Waals surface area contributed by atoms with Gasteiger partial charge in [-0.2, -0.15) is 5.26 Å². The van der Waals surface area contributed by atoms with Crippen LogP contribution < -0.4 is 0 Å². The quantitative estimate of drug-likeness (QED) is 0.379. The average Bonchev–Trinajstić information content (AvgIpc) is 2.49. The molecule has 0 radical (unpaired) electrons. The number of nitriles is 1. The number of carbonyl (C=O) groups is 1. The normalized spacial score (nSPS) is 10.8. The van der Waals surface area contributed by atoms with Gasteiger partial charge in [0.1, 0.15) is 17.4 Å². The van der Waals surface area contributed by atoms with Crippen LogP contribution in [0, 0.1) is 53.1 Å². The van der Waals surface area contributed by atoms with Crippen molar-refractivity contribution in [1.82, 2.24) is 0 Å². The predicted molar refractivity (Wildman–Crippen MR) is 72.4 cm³/mol. The minimum absolute atomic E-state index is 0. The van der Waals surface area contributed by atoms with Gasteiger partial charge in [-0.1, -0.05) is 60.7 Å². The molecule has 0 aliphatic rings. The van der Waals surface area contributed by atoms with Gasteiger partial charge in [0.05, 0.1) is 0 Å². The number of allylic oxidation sites excluding steroid dienone is 1. The van der Waals surface area contributed by atoms with Gasteiger partial charge in [0, 0.05) is 11.1 Å². The van der Waals surface area contributed by atoms with Crippen molar-refractivity contribution in [3.8, 4) is 6.07 Å². The third-order valence-electron chi connectivity index (χ3n) is 2.66. The van der Waals surface area contributed by atoms with E-state index in [-0.39, 0.29) is 53.1 Å². The Morgan fingerprint density at radius 2 is 1.35 bits per heavy atom. The molecule has 0 heterocycles. The average molecular weight is 389 g/mol. The maximum Gasteiger partial charge on any atom is 4.00 e. The molecular formula is C16H11CeNO2+4. The molecule has 2 aromatic carbocycles. The summed E-state index contributed by atoms with van der Waals surface area (Å²) in [5.41, 5.74) is 0.572. The number of hydrogen-bond acceptors (Lipinski definition) is 3. The van der Waals surface area contributed by atoms with E-state index < -0.39 is 5.78 Å². The summed E-state index contributed by atoms with van der Waals surface area (Å²) in [6.45, 7) is 0. The Bertz CT molecular complexity index is 658. The molecule has 0 aromatic heterocycles. The van der Waals surface area contributed by atoms with Crippen LogP contribution in [0.15, 0.2) is 66.2 Å². The molecule has 2 rings (SSSR count). The fourth-order valence-corrected chi connectivity index (χ4v) is 1.69. The van der Waals surface area contributed by atoms with E-state index in [4.69, 9.17) is 5.26 Å². The number of hydrogen-bond donors (Lipinski definition) is 1. The number of Topliss-reactive ketones (excluding diaryl/α,β-unsaturated/α-hetero) is 1. The van der Waals surface area contributed by atoms with Gasteiger partial charge >= 0.3 is 41.7 Å². The summed E-state index contributed by atoms with van der Waals surface area (Å²) in [5.74, 6) is -0.776. The Morgan fingerprint density at radius 3 is 1.80 bits per heavy atom. The zero-order valence-corrected chi connectivity index (χ0v) is 13.7. The van der Waals surface area contributed by atoms with Gasteiger partial charge in [0.15, 0.2) is 0 Å².